The number of aryl methyl sites for hydroxylation is 1. The molecule has 1 aromatic heterocycles. The Labute approximate surface area is 169 Å². The van der Waals surface area contributed by atoms with Gasteiger partial charge in [-0.3, -0.25) is 19.6 Å². The third kappa shape index (κ3) is 3.88. The molecule has 150 valence electrons. The number of hydrogen-bond acceptors (Lipinski definition) is 5. The Morgan fingerprint density at radius 3 is 2.36 bits per heavy atom. The molecule has 0 bridgehead atoms. The van der Waals surface area contributed by atoms with Gasteiger partial charge < -0.3 is 10.2 Å². The molecule has 2 aliphatic heterocycles. The van der Waals surface area contributed by atoms with Gasteiger partial charge in [0.15, 0.2) is 0 Å². The number of likely N-dealkylation sites (tertiary alicyclic amines) is 1. The topological polar surface area (TPSA) is 93.3 Å². The maximum Gasteiger partial charge on any atom is 0.269 e. The molecule has 28 heavy (non-hydrogen) atoms. The molecule has 3 heterocycles. The molecule has 0 unspecified atom stereocenters. The molecule has 0 aliphatic carbocycles. The van der Waals surface area contributed by atoms with Gasteiger partial charge in [0, 0.05) is 44.0 Å². The predicted molar refractivity (Wildman–Crippen MR) is 108 cm³/mol. The van der Waals surface area contributed by atoms with Crippen molar-refractivity contribution in [2.45, 2.75) is 12.8 Å². The SMILES string of the molecule is Cl.Cn1cc(C(=O)N2CC[C@@H]3CNC[C@@H]3CC2)c(-c2ccc([N+](=O)[O-])cc2)n1. The van der Waals surface area contributed by atoms with Gasteiger partial charge in [-0.15, -0.1) is 12.4 Å². The van der Waals surface area contributed by atoms with Crippen LogP contribution in [0.4, 0.5) is 5.69 Å². The molecule has 9 heteroatoms. The first-order valence-corrected chi connectivity index (χ1v) is 9.31. The Kier molecular flexibility index (Phi) is 6.00. The van der Waals surface area contributed by atoms with Crippen molar-refractivity contribution < 1.29 is 9.72 Å². The maximum absolute atomic E-state index is 13.2. The summed E-state index contributed by atoms with van der Waals surface area (Å²) in [6, 6.07) is 6.18. The summed E-state index contributed by atoms with van der Waals surface area (Å²) >= 11 is 0. The van der Waals surface area contributed by atoms with Crippen molar-refractivity contribution in [1.82, 2.24) is 20.0 Å². The number of carbonyl (C=O) groups is 1. The van der Waals surface area contributed by atoms with Gasteiger partial charge in [0.2, 0.25) is 0 Å². The van der Waals surface area contributed by atoms with Crippen LogP contribution >= 0.6 is 12.4 Å². The lowest BCUT2D eigenvalue weighted by atomic mass is 9.92. The summed E-state index contributed by atoms with van der Waals surface area (Å²) in [6.07, 6.45) is 3.79. The van der Waals surface area contributed by atoms with Crippen LogP contribution in [0.5, 0.6) is 0 Å². The van der Waals surface area contributed by atoms with Crippen molar-refractivity contribution in [3.05, 3.63) is 46.1 Å². The van der Waals surface area contributed by atoms with E-state index in [0.29, 0.717) is 28.7 Å². The van der Waals surface area contributed by atoms with Crippen LogP contribution in [0.3, 0.4) is 0 Å². The minimum absolute atomic E-state index is 0. The van der Waals surface area contributed by atoms with Crippen LogP contribution in [-0.2, 0) is 7.05 Å². The molecule has 4 rings (SSSR count). The molecule has 0 spiro atoms. The van der Waals surface area contributed by atoms with E-state index in [2.05, 4.69) is 10.4 Å². The summed E-state index contributed by atoms with van der Waals surface area (Å²) < 4.78 is 1.63. The number of amides is 1. The Morgan fingerprint density at radius 1 is 1.18 bits per heavy atom. The number of benzene rings is 1. The summed E-state index contributed by atoms with van der Waals surface area (Å²) in [4.78, 5) is 25.6. The van der Waals surface area contributed by atoms with Crippen LogP contribution in [0.2, 0.25) is 0 Å². The van der Waals surface area contributed by atoms with Crippen molar-refractivity contribution in [2.24, 2.45) is 18.9 Å². The highest BCUT2D eigenvalue weighted by molar-refractivity contribution is 5.99. The molecule has 2 aromatic rings. The van der Waals surface area contributed by atoms with E-state index in [-0.39, 0.29) is 24.0 Å². The molecule has 2 aliphatic rings. The van der Waals surface area contributed by atoms with Crippen LogP contribution in [0.25, 0.3) is 11.3 Å². The first-order valence-electron chi connectivity index (χ1n) is 9.31. The molecule has 1 N–H and O–H groups in total. The van der Waals surface area contributed by atoms with Gasteiger partial charge in [0.1, 0.15) is 5.69 Å². The molecule has 2 saturated heterocycles. The highest BCUT2D eigenvalue weighted by Crippen LogP contribution is 2.30. The van der Waals surface area contributed by atoms with Crippen LogP contribution in [-0.4, -0.2) is 51.7 Å². The van der Waals surface area contributed by atoms with E-state index in [0.717, 1.165) is 39.0 Å². The number of nitrogens with zero attached hydrogens (tertiary/aromatic N) is 4. The summed E-state index contributed by atoms with van der Waals surface area (Å²) in [5.41, 5.74) is 1.86. The van der Waals surface area contributed by atoms with E-state index in [9.17, 15) is 14.9 Å². The van der Waals surface area contributed by atoms with Gasteiger partial charge in [-0.25, -0.2) is 0 Å². The number of nitro benzene ring substituents is 1. The summed E-state index contributed by atoms with van der Waals surface area (Å²) in [7, 11) is 1.78. The first kappa shape index (κ1) is 20.3. The fraction of sp³-hybridized carbons (Fsp3) is 0.474. The number of rotatable bonds is 3. The van der Waals surface area contributed by atoms with Crippen molar-refractivity contribution in [2.75, 3.05) is 26.2 Å². The minimum atomic E-state index is -0.433. The zero-order chi connectivity index (χ0) is 19.0. The molecule has 0 saturated carbocycles. The zero-order valence-corrected chi connectivity index (χ0v) is 16.5. The van der Waals surface area contributed by atoms with E-state index >= 15 is 0 Å². The Hall–Kier alpha value is -2.45. The smallest absolute Gasteiger partial charge is 0.269 e. The van der Waals surface area contributed by atoms with Gasteiger partial charge in [0.05, 0.1) is 10.5 Å². The van der Waals surface area contributed by atoms with Crippen LogP contribution in [0.1, 0.15) is 23.2 Å². The number of nitro groups is 1. The number of hydrogen-bond donors (Lipinski definition) is 1. The molecule has 2 fully saturated rings. The number of fused-ring (bicyclic) bond motifs is 1. The summed E-state index contributed by atoms with van der Waals surface area (Å²) in [5.74, 6) is 1.31. The van der Waals surface area contributed by atoms with Crippen molar-refractivity contribution in [1.29, 1.82) is 0 Å². The lowest BCUT2D eigenvalue weighted by Gasteiger charge is -2.20. The molecular weight excluding hydrogens is 382 g/mol. The number of aromatic nitrogens is 2. The van der Waals surface area contributed by atoms with Crippen molar-refractivity contribution in [3.8, 4) is 11.3 Å². The molecular formula is C19H24ClN5O3. The van der Waals surface area contributed by atoms with E-state index < -0.39 is 4.92 Å². The van der Waals surface area contributed by atoms with Crippen molar-refractivity contribution in [3.63, 3.8) is 0 Å². The largest absolute Gasteiger partial charge is 0.339 e. The van der Waals surface area contributed by atoms with Gasteiger partial charge in [-0.1, -0.05) is 0 Å². The monoisotopic (exact) mass is 405 g/mol. The van der Waals surface area contributed by atoms with Gasteiger partial charge in [0.25, 0.3) is 11.6 Å². The predicted octanol–water partition coefficient (Wildman–Crippen LogP) is 2.49. The van der Waals surface area contributed by atoms with Crippen molar-refractivity contribution >= 4 is 24.0 Å². The fourth-order valence-electron chi connectivity index (χ4n) is 4.19. The van der Waals surface area contributed by atoms with Crippen LogP contribution in [0, 0.1) is 22.0 Å². The molecule has 0 radical (unpaired) electrons. The molecule has 1 aromatic carbocycles. The highest BCUT2D eigenvalue weighted by atomic mass is 35.5. The number of carbonyl (C=O) groups excluding carboxylic acids is 1. The van der Waals surface area contributed by atoms with Gasteiger partial charge in [-0.2, -0.15) is 5.10 Å². The normalized spacial score (nSPS) is 21.5. The van der Waals surface area contributed by atoms with E-state index in [1.54, 1.807) is 30.1 Å². The number of halogens is 1. The Morgan fingerprint density at radius 2 is 1.79 bits per heavy atom. The maximum atomic E-state index is 13.2. The lowest BCUT2D eigenvalue weighted by Crippen LogP contribution is -2.32. The average Bonchev–Trinajstić information content (AvgIpc) is 3.22. The second-order valence-electron chi connectivity index (χ2n) is 7.42. The molecule has 1 amide bonds. The first-order chi connectivity index (χ1) is 13.0. The summed E-state index contributed by atoms with van der Waals surface area (Å²) in [5, 5.41) is 18.8. The van der Waals surface area contributed by atoms with E-state index in [4.69, 9.17) is 0 Å². The second kappa shape index (κ2) is 8.28. The third-order valence-electron chi connectivity index (χ3n) is 5.72. The Balaban J connectivity index is 0.00000225. The minimum Gasteiger partial charge on any atom is -0.339 e. The quantitative estimate of drug-likeness (QED) is 0.625. The third-order valence-corrected chi connectivity index (χ3v) is 5.72. The van der Waals surface area contributed by atoms with E-state index in [1.807, 2.05) is 4.90 Å². The fourth-order valence-corrected chi connectivity index (χ4v) is 4.19. The standard InChI is InChI=1S/C19H23N5O3.ClH/c1-22-12-17(18(21-22)13-2-4-16(5-3-13)24(26)27)19(25)23-8-6-14-10-20-11-15(14)7-9-23;/h2-5,12,14-15,20H,6-11H2,1H3;1H/t14-,15+;. The van der Waals surface area contributed by atoms with Gasteiger partial charge in [-0.05, 0) is 49.9 Å². The second-order valence-corrected chi connectivity index (χ2v) is 7.42. The average molecular weight is 406 g/mol. The summed E-state index contributed by atoms with van der Waals surface area (Å²) in [6.45, 7) is 3.62. The van der Waals surface area contributed by atoms with Crippen LogP contribution in [0.15, 0.2) is 30.5 Å². The highest BCUT2D eigenvalue weighted by Gasteiger charge is 2.32. The number of non-ortho nitro benzene ring substituents is 1. The lowest BCUT2D eigenvalue weighted by molar-refractivity contribution is -0.384. The molecule has 2 atom stereocenters. The molecule has 8 nitrogen and oxygen atoms in total. The Bertz CT molecular complexity index is 853. The number of nitrogens with one attached hydrogen (secondary N) is 1. The van der Waals surface area contributed by atoms with Gasteiger partial charge >= 0.3 is 0 Å². The van der Waals surface area contributed by atoms with Crippen LogP contribution < -0.4 is 5.32 Å². The van der Waals surface area contributed by atoms with E-state index in [1.165, 1.54) is 12.1 Å². The zero-order valence-electron chi connectivity index (χ0n) is 15.7.